The fraction of sp³-hybridized carbons (Fsp3) is 0.625. The van der Waals surface area contributed by atoms with Crippen LogP contribution in [0.15, 0.2) is 18.3 Å². The molecule has 0 spiro atoms. The van der Waals surface area contributed by atoms with Crippen molar-refractivity contribution in [2.45, 2.75) is 37.9 Å². The van der Waals surface area contributed by atoms with Crippen LogP contribution in [0.1, 0.15) is 41.7 Å². The molecule has 1 N–H and O–H groups in total. The van der Waals surface area contributed by atoms with Crippen molar-refractivity contribution in [2.24, 2.45) is 5.92 Å². The molecule has 0 bridgehead atoms. The molecule has 4 nitrogen and oxygen atoms in total. The maximum absolute atomic E-state index is 12.5. The van der Waals surface area contributed by atoms with Gasteiger partial charge in [-0.25, -0.2) is 0 Å². The predicted octanol–water partition coefficient (Wildman–Crippen LogP) is 2.70. The highest BCUT2D eigenvalue weighted by Crippen LogP contribution is 2.28. The zero-order chi connectivity index (χ0) is 16.4. The van der Waals surface area contributed by atoms with Gasteiger partial charge in [0.15, 0.2) is 0 Å². The smallest absolute Gasteiger partial charge is 0.338 e. The molecule has 0 atom stereocenters. The standard InChI is InChI=1S/C16H20F3N3O/c17-16(18,19)14-4-3-12(10-21-14)15(23)22-7-5-13(6-8-22)20-9-11-1-2-11/h3-4,10-11,13,20H,1-2,5-9H2. The lowest BCUT2D eigenvalue weighted by atomic mass is 10.0. The van der Waals surface area contributed by atoms with Crippen molar-refractivity contribution >= 4 is 5.91 Å². The van der Waals surface area contributed by atoms with E-state index in [2.05, 4.69) is 10.3 Å². The molecule has 0 unspecified atom stereocenters. The van der Waals surface area contributed by atoms with Crippen LogP contribution >= 0.6 is 0 Å². The van der Waals surface area contributed by atoms with Crippen LogP contribution in [0.2, 0.25) is 0 Å². The molecule has 2 fully saturated rings. The predicted molar refractivity (Wildman–Crippen MR) is 78.9 cm³/mol. The number of rotatable bonds is 4. The number of amides is 1. The fourth-order valence-corrected chi connectivity index (χ4v) is 2.81. The first-order valence-corrected chi connectivity index (χ1v) is 7.99. The summed E-state index contributed by atoms with van der Waals surface area (Å²) in [6.45, 7) is 2.31. The molecule has 7 heteroatoms. The normalized spacial score (nSPS) is 19.9. The van der Waals surface area contributed by atoms with Gasteiger partial charge in [0.2, 0.25) is 0 Å². The SMILES string of the molecule is O=C(c1ccc(C(F)(F)F)nc1)N1CCC(NCC2CC2)CC1. The average Bonchev–Trinajstić information content (AvgIpc) is 3.36. The van der Waals surface area contributed by atoms with Crippen LogP contribution in [0.25, 0.3) is 0 Å². The van der Waals surface area contributed by atoms with Crippen LogP contribution in [-0.2, 0) is 6.18 Å². The second kappa shape index (κ2) is 6.47. The molecule has 23 heavy (non-hydrogen) atoms. The molecule has 2 aliphatic rings. The van der Waals surface area contributed by atoms with Crippen LogP contribution < -0.4 is 5.32 Å². The van der Waals surface area contributed by atoms with Gasteiger partial charge in [0, 0.05) is 25.3 Å². The van der Waals surface area contributed by atoms with Crippen LogP contribution in [-0.4, -0.2) is 41.5 Å². The van der Waals surface area contributed by atoms with Crippen LogP contribution in [0.5, 0.6) is 0 Å². The molecule has 1 aromatic heterocycles. The van der Waals surface area contributed by atoms with Crippen molar-refractivity contribution in [1.82, 2.24) is 15.2 Å². The van der Waals surface area contributed by atoms with Crippen molar-refractivity contribution in [3.63, 3.8) is 0 Å². The van der Waals surface area contributed by atoms with Gasteiger partial charge in [-0.3, -0.25) is 9.78 Å². The third-order valence-electron chi connectivity index (χ3n) is 4.48. The van der Waals surface area contributed by atoms with Crippen molar-refractivity contribution in [3.8, 4) is 0 Å². The Morgan fingerprint density at radius 2 is 1.91 bits per heavy atom. The summed E-state index contributed by atoms with van der Waals surface area (Å²) in [4.78, 5) is 17.4. The van der Waals surface area contributed by atoms with Gasteiger partial charge in [-0.2, -0.15) is 13.2 Å². The van der Waals surface area contributed by atoms with Gasteiger partial charge in [0.1, 0.15) is 5.69 Å². The van der Waals surface area contributed by atoms with Gasteiger partial charge in [-0.15, -0.1) is 0 Å². The van der Waals surface area contributed by atoms with E-state index >= 15 is 0 Å². The van der Waals surface area contributed by atoms with E-state index in [9.17, 15) is 18.0 Å². The molecule has 2 heterocycles. The number of hydrogen-bond donors (Lipinski definition) is 1. The Balaban J connectivity index is 1.52. The monoisotopic (exact) mass is 327 g/mol. The summed E-state index contributed by atoms with van der Waals surface area (Å²) >= 11 is 0. The molecular formula is C16H20F3N3O. The number of alkyl halides is 3. The van der Waals surface area contributed by atoms with Crippen LogP contribution in [0.4, 0.5) is 13.2 Å². The number of hydrogen-bond acceptors (Lipinski definition) is 3. The number of pyridine rings is 1. The summed E-state index contributed by atoms with van der Waals surface area (Å²) in [7, 11) is 0. The van der Waals surface area contributed by atoms with Gasteiger partial charge in [-0.05, 0) is 50.3 Å². The molecule has 3 rings (SSSR count). The van der Waals surface area contributed by atoms with Gasteiger partial charge in [0.05, 0.1) is 5.56 Å². The lowest BCUT2D eigenvalue weighted by molar-refractivity contribution is -0.141. The van der Waals surface area contributed by atoms with Gasteiger partial charge >= 0.3 is 6.18 Å². The lowest BCUT2D eigenvalue weighted by Crippen LogP contribution is -2.45. The minimum atomic E-state index is -4.48. The van der Waals surface area contributed by atoms with E-state index in [4.69, 9.17) is 0 Å². The first kappa shape index (κ1) is 16.2. The molecule has 1 aromatic rings. The number of halogens is 3. The summed E-state index contributed by atoms with van der Waals surface area (Å²) in [5, 5.41) is 3.53. The number of aromatic nitrogens is 1. The summed E-state index contributed by atoms with van der Waals surface area (Å²) in [5.41, 5.74) is -0.764. The summed E-state index contributed by atoms with van der Waals surface area (Å²) in [6, 6.07) is 2.50. The van der Waals surface area contributed by atoms with E-state index in [1.54, 1.807) is 4.90 Å². The Hall–Kier alpha value is -1.63. The van der Waals surface area contributed by atoms with Crippen molar-refractivity contribution < 1.29 is 18.0 Å². The van der Waals surface area contributed by atoms with Gasteiger partial charge < -0.3 is 10.2 Å². The molecule has 1 aliphatic carbocycles. The Labute approximate surface area is 133 Å². The first-order valence-electron chi connectivity index (χ1n) is 7.99. The molecule has 0 aromatic carbocycles. The number of piperidine rings is 1. The zero-order valence-electron chi connectivity index (χ0n) is 12.8. The Morgan fingerprint density at radius 3 is 2.43 bits per heavy atom. The summed E-state index contributed by atoms with van der Waals surface area (Å²) < 4.78 is 37.5. The van der Waals surface area contributed by atoms with Crippen molar-refractivity contribution in [2.75, 3.05) is 19.6 Å². The van der Waals surface area contributed by atoms with E-state index in [-0.39, 0.29) is 11.5 Å². The van der Waals surface area contributed by atoms with E-state index < -0.39 is 11.9 Å². The molecule has 1 aliphatic heterocycles. The highest BCUT2D eigenvalue weighted by molar-refractivity contribution is 5.94. The van der Waals surface area contributed by atoms with Crippen molar-refractivity contribution in [1.29, 1.82) is 0 Å². The maximum atomic E-state index is 12.5. The summed E-state index contributed by atoms with van der Waals surface area (Å²) in [6.07, 6.45) is 0.922. The van der Waals surface area contributed by atoms with Gasteiger partial charge in [0.25, 0.3) is 5.91 Å². The molecular weight excluding hydrogens is 307 g/mol. The van der Waals surface area contributed by atoms with E-state index in [1.165, 1.54) is 18.9 Å². The first-order chi connectivity index (χ1) is 10.9. The summed E-state index contributed by atoms with van der Waals surface area (Å²) in [5.74, 6) is 0.583. The van der Waals surface area contributed by atoms with Crippen LogP contribution in [0, 0.1) is 5.92 Å². The largest absolute Gasteiger partial charge is 0.433 e. The third-order valence-corrected chi connectivity index (χ3v) is 4.48. The van der Waals surface area contributed by atoms with E-state index in [1.807, 2.05) is 0 Å². The molecule has 1 saturated carbocycles. The highest BCUT2D eigenvalue weighted by atomic mass is 19.4. The molecule has 0 radical (unpaired) electrons. The topological polar surface area (TPSA) is 45.2 Å². The molecule has 126 valence electrons. The number of nitrogens with one attached hydrogen (secondary N) is 1. The number of carbonyl (C=O) groups is 1. The van der Waals surface area contributed by atoms with Crippen molar-refractivity contribution in [3.05, 3.63) is 29.6 Å². The highest BCUT2D eigenvalue weighted by Gasteiger charge is 2.32. The van der Waals surface area contributed by atoms with E-state index in [0.29, 0.717) is 19.1 Å². The minimum Gasteiger partial charge on any atom is -0.338 e. The van der Waals surface area contributed by atoms with E-state index in [0.717, 1.165) is 37.6 Å². The quantitative estimate of drug-likeness (QED) is 0.925. The number of nitrogens with zero attached hydrogens (tertiary/aromatic N) is 2. The minimum absolute atomic E-state index is 0.211. The third kappa shape index (κ3) is 4.22. The van der Waals surface area contributed by atoms with Crippen LogP contribution in [0.3, 0.4) is 0 Å². The average molecular weight is 327 g/mol. The van der Waals surface area contributed by atoms with Gasteiger partial charge in [-0.1, -0.05) is 0 Å². The second-order valence-electron chi connectivity index (χ2n) is 6.35. The lowest BCUT2D eigenvalue weighted by Gasteiger charge is -2.32. The Bertz CT molecular complexity index is 547. The Morgan fingerprint density at radius 1 is 1.22 bits per heavy atom. The maximum Gasteiger partial charge on any atom is 0.433 e. The number of likely N-dealkylation sites (tertiary alicyclic amines) is 1. The fourth-order valence-electron chi connectivity index (χ4n) is 2.81. The molecule has 1 amide bonds. The second-order valence-corrected chi connectivity index (χ2v) is 6.35. The zero-order valence-corrected chi connectivity index (χ0v) is 12.8. The molecule has 1 saturated heterocycles. The number of carbonyl (C=O) groups excluding carboxylic acids is 1. The Kier molecular flexibility index (Phi) is 4.57.